The fourth-order valence-corrected chi connectivity index (χ4v) is 2.59. The number of rotatable bonds is 6. The first-order chi connectivity index (χ1) is 10.2. The largest absolute Gasteiger partial charge is 0.450 e. The Hall–Kier alpha value is -1.56. The van der Waals surface area contributed by atoms with E-state index in [-0.39, 0.29) is 6.09 Å². The minimum Gasteiger partial charge on any atom is -0.450 e. The number of nitrogens with zero attached hydrogens (tertiary/aromatic N) is 3. The maximum absolute atomic E-state index is 11.4. The molecule has 1 amide bonds. The van der Waals surface area contributed by atoms with Gasteiger partial charge in [0.2, 0.25) is 0 Å². The number of aryl methyl sites for hydroxylation is 1. The van der Waals surface area contributed by atoms with E-state index in [2.05, 4.69) is 33.0 Å². The topological polar surface area (TPSA) is 59.4 Å². The third-order valence-electron chi connectivity index (χ3n) is 3.53. The molecule has 1 aromatic heterocycles. The van der Waals surface area contributed by atoms with Crippen molar-refractivity contribution in [2.24, 2.45) is 0 Å². The van der Waals surface area contributed by atoms with E-state index in [1.54, 1.807) is 0 Å². The van der Waals surface area contributed by atoms with Crippen molar-refractivity contribution in [3.63, 3.8) is 0 Å². The molecule has 1 aliphatic heterocycles. The number of aromatic nitrogens is 2. The molecule has 0 fully saturated rings. The molecule has 1 N–H and O–H groups in total. The van der Waals surface area contributed by atoms with E-state index in [4.69, 9.17) is 4.74 Å². The molecule has 0 aromatic carbocycles. The number of carbonyl (C=O) groups excluding carboxylic acids is 1. The predicted molar refractivity (Wildman–Crippen MR) is 80.9 cm³/mol. The van der Waals surface area contributed by atoms with E-state index in [9.17, 15) is 4.79 Å². The predicted octanol–water partition coefficient (Wildman–Crippen LogP) is 2.13. The lowest BCUT2D eigenvalue weighted by molar-refractivity contribution is 0.145. The highest BCUT2D eigenvalue weighted by atomic mass is 16.5. The Morgan fingerprint density at radius 2 is 2.24 bits per heavy atom. The Kier molecular flexibility index (Phi) is 6.04. The van der Waals surface area contributed by atoms with E-state index in [1.807, 2.05) is 6.92 Å². The summed E-state index contributed by atoms with van der Waals surface area (Å²) in [5.41, 5.74) is 2.14. The monoisotopic (exact) mass is 294 g/mol. The molecule has 6 nitrogen and oxygen atoms in total. The maximum atomic E-state index is 11.4. The first-order valence-corrected chi connectivity index (χ1v) is 7.91. The minimum absolute atomic E-state index is 0.368. The molecule has 1 aliphatic rings. The van der Waals surface area contributed by atoms with Crippen LogP contribution in [0.4, 0.5) is 4.79 Å². The van der Waals surface area contributed by atoms with Gasteiger partial charge in [-0.05, 0) is 31.9 Å². The van der Waals surface area contributed by atoms with Crippen LogP contribution >= 0.6 is 0 Å². The highest BCUT2D eigenvalue weighted by Gasteiger charge is 2.16. The molecule has 0 aliphatic carbocycles. The number of amides is 1. The summed E-state index contributed by atoms with van der Waals surface area (Å²) in [5.74, 6) is 0. The number of hydrogen-bond donors (Lipinski definition) is 1. The number of ether oxygens (including phenoxy) is 1. The molecule has 0 radical (unpaired) electrons. The molecule has 0 atom stereocenters. The van der Waals surface area contributed by atoms with Crippen LogP contribution in [-0.4, -0.2) is 40.5 Å². The van der Waals surface area contributed by atoms with Crippen molar-refractivity contribution in [3.8, 4) is 0 Å². The average molecular weight is 294 g/mol. The molecule has 21 heavy (non-hydrogen) atoms. The second-order valence-corrected chi connectivity index (χ2v) is 5.47. The Bertz CT molecular complexity index is 459. The minimum atomic E-state index is -0.368. The van der Waals surface area contributed by atoms with Crippen molar-refractivity contribution in [3.05, 3.63) is 17.5 Å². The van der Waals surface area contributed by atoms with Crippen molar-refractivity contribution in [2.75, 3.05) is 19.7 Å². The molecule has 0 saturated heterocycles. The lowest BCUT2D eigenvalue weighted by atomic mass is 10.3. The smallest absolute Gasteiger partial charge is 0.407 e. The Morgan fingerprint density at radius 3 is 3.00 bits per heavy atom. The molecule has 0 saturated carbocycles. The van der Waals surface area contributed by atoms with Gasteiger partial charge in [0.05, 0.1) is 24.5 Å². The summed E-state index contributed by atoms with van der Waals surface area (Å²) in [7, 11) is 0. The van der Waals surface area contributed by atoms with Crippen LogP contribution in [0.15, 0.2) is 6.07 Å². The number of alkyl carbamates (subject to hydrolysis) is 1. The van der Waals surface area contributed by atoms with E-state index in [0.717, 1.165) is 44.7 Å². The summed E-state index contributed by atoms with van der Waals surface area (Å²) >= 11 is 0. The van der Waals surface area contributed by atoms with E-state index in [1.165, 1.54) is 12.1 Å². The molecular formula is C15H26N4O2. The van der Waals surface area contributed by atoms with Gasteiger partial charge in [0.15, 0.2) is 0 Å². The van der Waals surface area contributed by atoms with Gasteiger partial charge in [0.25, 0.3) is 0 Å². The summed E-state index contributed by atoms with van der Waals surface area (Å²) in [6.45, 7) is 9.22. The number of hydrogen-bond acceptors (Lipinski definition) is 4. The second-order valence-electron chi connectivity index (χ2n) is 5.47. The van der Waals surface area contributed by atoms with Gasteiger partial charge in [-0.25, -0.2) is 4.79 Å². The van der Waals surface area contributed by atoms with Crippen molar-refractivity contribution >= 4 is 6.09 Å². The zero-order chi connectivity index (χ0) is 15.1. The van der Waals surface area contributed by atoms with Crippen LogP contribution in [0.2, 0.25) is 0 Å². The number of nitrogens with one attached hydrogen (secondary N) is 1. The quantitative estimate of drug-likeness (QED) is 0.873. The SMILES string of the molecule is CCCOC(=O)NCc1cc2n(n1)CCCN(CCC)C2. The van der Waals surface area contributed by atoms with Gasteiger partial charge in [-0.15, -0.1) is 0 Å². The van der Waals surface area contributed by atoms with Gasteiger partial charge in [-0.2, -0.15) is 5.10 Å². The van der Waals surface area contributed by atoms with Crippen molar-refractivity contribution in [1.82, 2.24) is 20.0 Å². The Labute approximate surface area is 126 Å². The lowest BCUT2D eigenvalue weighted by Gasteiger charge is -2.17. The van der Waals surface area contributed by atoms with Gasteiger partial charge in [0, 0.05) is 19.6 Å². The summed E-state index contributed by atoms with van der Waals surface area (Å²) in [6.07, 6.45) is 2.76. The summed E-state index contributed by atoms with van der Waals surface area (Å²) in [6, 6.07) is 2.09. The first kappa shape index (κ1) is 15.8. The summed E-state index contributed by atoms with van der Waals surface area (Å²) in [5, 5.41) is 7.32. The van der Waals surface area contributed by atoms with Crippen LogP contribution in [0.1, 0.15) is 44.5 Å². The van der Waals surface area contributed by atoms with Gasteiger partial charge in [0.1, 0.15) is 0 Å². The Morgan fingerprint density at radius 1 is 1.38 bits per heavy atom. The lowest BCUT2D eigenvalue weighted by Crippen LogP contribution is -2.24. The van der Waals surface area contributed by atoms with E-state index in [0.29, 0.717) is 13.2 Å². The third-order valence-corrected chi connectivity index (χ3v) is 3.53. The molecule has 0 bridgehead atoms. The molecule has 0 spiro atoms. The molecule has 6 heteroatoms. The Balaban J connectivity index is 1.89. The zero-order valence-electron chi connectivity index (χ0n) is 13.1. The molecule has 118 valence electrons. The maximum Gasteiger partial charge on any atom is 0.407 e. The molecule has 1 aromatic rings. The molecule has 2 rings (SSSR count). The van der Waals surface area contributed by atoms with Crippen LogP contribution in [0, 0.1) is 0 Å². The zero-order valence-corrected chi connectivity index (χ0v) is 13.1. The van der Waals surface area contributed by atoms with Crippen LogP contribution in [0.5, 0.6) is 0 Å². The van der Waals surface area contributed by atoms with Gasteiger partial charge < -0.3 is 10.1 Å². The standard InChI is InChI=1S/C15H26N4O2/c1-3-6-18-7-5-8-19-14(12-18)10-13(17-19)11-16-15(20)21-9-4-2/h10H,3-9,11-12H2,1-2H3,(H,16,20). The summed E-state index contributed by atoms with van der Waals surface area (Å²) in [4.78, 5) is 13.9. The fraction of sp³-hybridized carbons (Fsp3) is 0.733. The van der Waals surface area contributed by atoms with E-state index < -0.39 is 0 Å². The van der Waals surface area contributed by atoms with Gasteiger partial charge in [-0.1, -0.05) is 13.8 Å². The van der Waals surface area contributed by atoms with Gasteiger partial charge in [-0.3, -0.25) is 9.58 Å². The van der Waals surface area contributed by atoms with Crippen LogP contribution < -0.4 is 5.32 Å². The van der Waals surface area contributed by atoms with Gasteiger partial charge >= 0.3 is 6.09 Å². The summed E-state index contributed by atoms with van der Waals surface area (Å²) < 4.78 is 7.06. The van der Waals surface area contributed by atoms with E-state index >= 15 is 0 Å². The van der Waals surface area contributed by atoms with Crippen molar-refractivity contribution < 1.29 is 9.53 Å². The molecule has 2 heterocycles. The third kappa shape index (κ3) is 4.74. The molecular weight excluding hydrogens is 268 g/mol. The fourth-order valence-electron chi connectivity index (χ4n) is 2.59. The highest BCUT2D eigenvalue weighted by Crippen LogP contribution is 2.14. The molecule has 0 unspecified atom stereocenters. The second kappa shape index (κ2) is 8.02. The van der Waals surface area contributed by atoms with Crippen LogP contribution in [-0.2, 0) is 24.4 Å². The highest BCUT2D eigenvalue weighted by molar-refractivity contribution is 5.67. The van der Waals surface area contributed by atoms with Crippen molar-refractivity contribution in [2.45, 2.75) is 52.7 Å². The normalized spacial score (nSPS) is 15.3. The average Bonchev–Trinajstić information content (AvgIpc) is 2.76. The van der Waals surface area contributed by atoms with Crippen LogP contribution in [0.25, 0.3) is 0 Å². The van der Waals surface area contributed by atoms with Crippen molar-refractivity contribution in [1.29, 1.82) is 0 Å². The number of fused-ring (bicyclic) bond motifs is 1. The van der Waals surface area contributed by atoms with Crippen LogP contribution in [0.3, 0.4) is 0 Å². The first-order valence-electron chi connectivity index (χ1n) is 7.91. The number of carbonyl (C=O) groups is 1.